The molecule has 0 aliphatic rings. The zero-order valence-corrected chi connectivity index (χ0v) is 7.83. The molecule has 0 aromatic rings. The molecule has 2 unspecified atom stereocenters. The Labute approximate surface area is 73.0 Å². The molecule has 0 amide bonds. The molecular weight excluding hydrogens is 156 g/mol. The van der Waals surface area contributed by atoms with Gasteiger partial charge in [-0.1, -0.05) is 13.5 Å². The Balaban J connectivity index is 4.11. The summed E-state index contributed by atoms with van der Waals surface area (Å²) in [7, 11) is 0. The van der Waals surface area contributed by atoms with Crippen LogP contribution in [0.4, 0.5) is 0 Å². The van der Waals surface area contributed by atoms with Gasteiger partial charge in [-0.15, -0.1) is 0 Å². The molecule has 0 spiro atoms. The molecule has 0 fully saturated rings. The van der Waals surface area contributed by atoms with Crippen LogP contribution < -0.4 is 0 Å². The van der Waals surface area contributed by atoms with E-state index in [2.05, 4.69) is 6.58 Å². The molecule has 0 bridgehead atoms. The first-order valence-corrected chi connectivity index (χ1v) is 3.99. The number of ether oxygens (including phenoxy) is 1. The second kappa shape index (κ2) is 4.26. The van der Waals surface area contributed by atoms with Crippen LogP contribution in [0.3, 0.4) is 0 Å². The first-order valence-electron chi connectivity index (χ1n) is 3.99. The highest BCUT2D eigenvalue weighted by Crippen LogP contribution is 2.16. The minimum Gasteiger partial charge on any atom is -0.456 e. The Morgan fingerprint density at radius 1 is 1.83 bits per heavy atom. The van der Waals surface area contributed by atoms with Crippen molar-refractivity contribution in [3.05, 3.63) is 12.7 Å². The third kappa shape index (κ3) is 3.05. The summed E-state index contributed by atoms with van der Waals surface area (Å²) in [6.07, 6.45) is 1.12. The summed E-state index contributed by atoms with van der Waals surface area (Å²) >= 11 is 0. The van der Waals surface area contributed by atoms with E-state index in [1.165, 1.54) is 0 Å². The van der Waals surface area contributed by atoms with Gasteiger partial charge < -0.3 is 9.84 Å². The van der Waals surface area contributed by atoms with E-state index in [9.17, 15) is 9.90 Å². The van der Waals surface area contributed by atoms with E-state index >= 15 is 0 Å². The fourth-order valence-electron chi connectivity index (χ4n) is 0.637. The molecule has 3 nitrogen and oxygen atoms in total. The topological polar surface area (TPSA) is 46.5 Å². The molecule has 0 aromatic heterocycles. The molecule has 0 heterocycles. The van der Waals surface area contributed by atoms with E-state index in [1.807, 2.05) is 6.92 Å². The number of aliphatic hydroxyl groups is 1. The lowest BCUT2D eigenvalue weighted by atomic mass is 9.97. The van der Waals surface area contributed by atoms with Crippen LogP contribution in [-0.4, -0.2) is 22.8 Å². The SMILES string of the molecule is C=CC(=O)OC(C)C(C)(O)CC. The van der Waals surface area contributed by atoms with E-state index in [-0.39, 0.29) is 0 Å². The van der Waals surface area contributed by atoms with Crippen LogP contribution in [-0.2, 0) is 9.53 Å². The van der Waals surface area contributed by atoms with E-state index in [0.29, 0.717) is 6.42 Å². The smallest absolute Gasteiger partial charge is 0.330 e. The molecule has 0 saturated carbocycles. The van der Waals surface area contributed by atoms with Crippen molar-refractivity contribution < 1.29 is 14.6 Å². The van der Waals surface area contributed by atoms with Gasteiger partial charge in [-0.25, -0.2) is 4.79 Å². The van der Waals surface area contributed by atoms with Crippen molar-refractivity contribution in [2.75, 3.05) is 0 Å². The van der Waals surface area contributed by atoms with Gasteiger partial charge in [0.2, 0.25) is 0 Å². The first-order chi connectivity index (χ1) is 5.44. The lowest BCUT2D eigenvalue weighted by Gasteiger charge is -2.28. The quantitative estimate of drug-likeness (QED) is 0.513. The van der Waals surface area contributed by atoms with Gasteiger partial charge in [0.1, 0.15) is 6.10 Å². The molecule has 12 heavy (non-hydrogen) atoms. The van der Waals surface area contributed by atoms with E-state index in [4.69, 9.17) is 4.74 Å². The Kier molecular flexibility index (Phi) is 3.96. The summed E-state index contributed by atoms with van der Waals surface area (Å²) in [4.78, 5) is 10.7. The molecule has 70 valence electrons. The number of carbonyl (C=O) groups excluding carboxylic acids is 1. The molecule has 0 aliphatic carbocycles. The highest BCUT2D eigenvalue weighted by molar-refractivity contribution is 5.81. The van der Waals surface area contributed by atoms with Crippen LogP contribution in [0.5, 0.6) is 0 Å². The maximum atomic E-state index is 10.7. The minimum atomic E-state index is -0.960. The molecule has 3 heteroatoms. The minimum absolute atomic E-state index is 0.503. The number of rotatable bonds is 4. The monoisotopic (exact) mass is 172 g/mol. The average Bonchev–Trinajstić information content (AvgIpc) is 2.04. The number of hydrogen-bond donors (Lipinski definition) is 1. The third-order valence-electron chi connectivity index (χ3n) is 2.05. The zero-order chi connectivity index (χ0) is 9.78. The van der Waals surface area contributed by atoms with Crippen LogP contribution in [0.25, 0.3) is 0 Å². The van der Waals surface area contributed by atoms with E-state index in [0.717, 1.165) is 6.08 Å². The van der Waals surface area contributed by atoms with Gasteiger partial charge in [0.15, 0.2) is 0 Å². The maximum Gasteiger partial charge on any atom is 0.330 e. The van der Waals surface area contributed by atoms with Crippen LogP contribution in [0, 0.1) is 0 Å². The fourth-order valence-corrected chi connectivity index (χ4v) is 0.637. The van der Waals surface area contributed by atoms with Crippen molar-refractivity contribution in [2.24, 2.45) is 0 Å². The van der Waals surface area contributed by atoms with Gasteiger partial charge >= 0.3 is 5.97 Å². The highest BCUT2D eigenvalue weighted by Gasteiger charge is 2.28. The predicted octanol–water partition coefficient (Wildman–Crippen LogP) is 1.27. The first kappa shape index (κ1) is 11.2. The Morgan fingerprint density at radius 3 is 2.67 bits per heavy atom. The number of carbonyl (C=O) groups is 1. The van der Waals surface area contributed by atoms with E-state index < -0.39 is 17.7 Å². The molecule has 0 rings (SSSR count). The van der Waals surface area contributed by atoms with Crippen molar-refractivity contribution in [3.63, 3.8) is 0 Å². The summed E-state index contributed by atoms with van der Waals surface area (Å²) in [5.74, 6) is -0.503. The maximum absolute atomic E-state index is 10.7. The van der Waals surface area contributed by atoms with Crippen molar-refractivity contribution in [2.45, 2.75) is 38.9 Å². The van der Waals surface area contributed by atoms with Gasteiger partial charge in [-0.05, 0) is 20.3 Å². The lowest BCUT2D eigenvalue weighted by molar-refractivity contribution is -0.155. The van der Waals surface area contributed by atoms with Crippen LogP contribution >= 0.6 is 0 Å². The van der Waals surface area contributed by atoms with Crippen LogP contribution in [0.2, 0.25) is 0 Å². The van der Waals surface area contributed by atoms with Gasteiger partial charge in [0.05, 0.1) is 5.60 Å². The molecular formula is C9H16O3. The summed E-state index contributed by atoms with van der Waals surface area (Å²) in [6.45, 7) is 8.39. The Bertz CT molecular complexity index is 173. The second-order valence-corrected chi connectivity index (χ2v) is 2.99. The van der Waals surface area contributed by atoms with Crippen molar-refractivity contribution >= 4 is 5.97 Å². The van der Waals surface area contributed by atoms with Gasteiger partial charge in [0, 0.05) is 6.08 Å². The van der Waals surface area contributed by atoms with Crippen molar-refractivity contribution in [3.8, 4) is 0 Å². The molecule has 1 N–H and O–H groups in total. The second-order valence-electron chi connectivity index (χ2n) is 2.99. The Hall–Kier alpha value is -0.830. The number of esters is 1. The fraction of sp³-hybridized carbons (Fsp3) is 0.667. The van der Waals surface area contributed by atoms with Crippen LogP contribution in [0.15, 0.2) is 12.7 Å². The lowest BCUT2D eigenvalue weighted by Crippen LogP contribution is -2.39. The molecule has 0 aromatic carbocycles. The van der Waals surface area contributed by atoms with Crippen LogP contribution in [0.1, 0.15) is 27.2 Å². The van der Waals surface area contributed by atoms with Gasteiger partial charge in [0.25, 0.3) is 0 Å². The third-order valence-corrected chi connectivity index (χ3v) is 2.05. The zero-order valence-electron chi connectivity index (χ0n) is 7.83. The summed E-state index contributed by atoms with van der Waals surface area (Å²) < 4.78 is 4.85. The summed E-state index contributed by atoms with van der Waals surface area (Å²) in [5.41, 5.74) is -0.960. The van der Waals surface area contributed by atoms with E-state index in [1.54, 1.807) is 13.8 Å². The summed E-state index contributed by atoms with van der Waals surface area (Å²) in [6, 6.07) is 0. The van der Waals surface area contributed by atoms with Gasteiger partial charge in [-0.2, -0.15) is 0 Å². The normalized spacial score (nSPS) is 17.7. The summed E-state index contributed by atoms with van der Waals surface area (Å²) in [5, 5.41) is 9.62. The Morgan fingerprint density at radius 2 is 2.33 bits per heavy atom. The van der Waals surface area contributed by atoms with Crippen molar-refractivity contribution in [1.82, 2.24) is 0 Å². The molecule has 0 radical (unpaired) electrons. The number of hydrogen-bond acceptors (Lipinski definition) is 3. The van der Waals surface area contributed by atoms with Crippen molar-refractivity contribution in [1.29, 1.82) is 0 Å². The molecule has 0 aliphatic heterocycles. The average molecular weight is 172 g/mol. The highest BCUT2D eigenvalue weighted by atomic mass is 16.6. The van der Waals surface area contributed by atoms with Gasteiger partial charge in [-0.3, -0.25) is 0 Å². The molecule has 2 atom stereocenters. The molecule has 0 saturated heterocycles. The largest absolute Gasteiger partial charge is 0.456 e. The standard InChI is InChI=1S/C9H16O3/c1-5-8(10)12-7(3)9(4,11)6-2/h5,7,11H,1,6H2,2-4H3. The predicted molar refractivity (Wildman–Crippen MR) is 46.7 cm³/mol.